The Balaban J connectivity index is 1.51. The summed E-state index contributed by atoms with van der Waals surface area (Å²) in [6.07, 6.45) is 4.42. The number of hydrogen-bond acceptors (Lipinski definition) is 8. The minimum Gasteiger partial charge on any atom is -0.481 e. The zero-order valence-corrected chi connectivity index (χ0v) is 18.5. The lowest BCUT2D eigenvalue weighted by atomic mass is 9.91. The van der Waals surface area contributed by atoms with Crippen LogP contribution in [0, 0.1) is 16.7 Å². The molecule has 2 fully saturated rings. The molecule has 170 valence electrons. The van der Waals surface area contributed by atoms with Crippen molar-refractivity contribution in [2.24, 2.45) is 5.41 Å². The van der Waals surface area contributed by atoms with Crippen molar-refractivity contribution < 1.29 is 19.4 Å². The largest absolute Gasteiger partial charge is 0.481 e. The number of pyridine rings is 2. The average Bonchev–Trinajstić information content (AvgIpc) is 3.27. The monoisotopic (exact) mass is 439 g/mol. The number of likely N-dealkylation sites (tertiary alicyclic amines) is 1. The first-order chi connectivity index (χ1) is 15.3. The Morgan fingerprint density at radius 2 is 2.28 bits per heavy atom. The van der Waals surface area contributed by atoms with Crippen LogP contribution in [0.1, 0.15) is 38.8 Å². The number of piperidine rings is 1. The molecule has 0 spiro atoms. The van der Waals surface area contributed by atoms with Crippen molar-refractivity contribution in [1.82, 2.24) is 14.9 Å². The third-order valence-corrected chi connectivity index (χ3v) is 6.02. The van der Waals surface area contributed by atoms with Gasteiger partial charge in [-0.25, -0.2) is 9.97 Å². The van der Waals surface area contributed by atoms with Crippen molar-refractivity contribution in [2.75, 3.05) is 38.2 Å². The van der Waals surface area contributed by atoms with E-state index < -0.39 is 11.4 Å². The lowest BCUT2D eigenvalue weighted by Crippen LogP contribution is -2.47. The molecule has 0 aliphatic carbocycles. The number of aromatic nitrogens is 2. The fourth-order valence-corrected chi connectivity index (χ4v) is 4.26. The van der Waals surface area contributed by atoms with E-state index in [9.17, 15) is 15.2 Å². The van der Waals surface area contributed by atoms with Gasteiger partial charge >= 0.3 is 5.97 Å². The molecular formula is C23H29N5O4. The van der Waals surface area contributed by atoms with E-state index in [-0.39, 0.29) is 17.8 Å². The van der Waals surface area contributed by atoms with Gasteiger partial charge in [0, 0.05) is 42.5 Å². The number of anilines is 1. The molecule has 0 bridgehead atoms. The molecule has 2 N–H and O–H groups in total. The van der Waals surface area contributed by atoms with Crippen LogP contribution >= 0.6 is 0 Å². The lowest BCUT2D eigenvalue weighted by molar-refractivity contribution is -0.148. The Bertz CT molecular complexity index is 1030. The van der Waals surface area contributed by atoms with Crippen LogP contribution in [0.5, 0.6) is 5.88 Å². The molecule has 2 atom stereocenters. The third-order valence-electron chi connectivity index (χ3n) is 6.02. The van der Waals surface area contributed by atoms with Gasteiger partial charge in [-0.3, -0.25) is 4.79 Å². The van der Waals surface area contributed by atoms with Crippen molar-refractivity contribution in [3.8, 4) is 11.9 Å². The van der Waals surface area contributed by atoms with Gasteiger partial charge in [-0.1, -0.05) is 0 Å². The Kier molecular flexibility index (Phi) is 6.44. The van der Waals surface area contributed by atoms with Gasteiger partial charge in [-0.2, -0.15) is 5.26 Å². The van der Waals surface area contributed by atoms with Gasteiger partial charge in [-0.15, -0.1) is 0 Å². The van der Waals surface area contributed by atoms with E-state index in [0.717, 1.165) is 43.1 Å². The second-order valence-electron chi connectivity index (χ2n) is 9.23. The summed E-state index contributed by atoms with van der Waals surface area (Å²) in [4.78, 5) is 22.6. The number of nitriles is 1. The Hall–Kier alpha value is -2.96. The van der Waals surface area contributed by atoms with Crippen molar-refractivity contribution in [3.05, 3.63) is 24.0 Å². The van der Waals surface area contributed by atoms with Crippen molar-refractivity contribution >= 4 is 22.6 Å². The van der Waals surface area contributed by atoms with Crippen molar-refractivity contribution in [3.63, 3.8) is 0 Å². The second-order valence-corrected chi connectivity index (χ2v) is 9.23. The van der Waals surface area contributed by atoms with Gasteiger partial charge in [0.25, 0.3) is 0 Å². The maximum atomic E-state index is 11.5. The van der Waals surface area contributed by atoms with Crippen molar-refractivity contribution in [1.29, 1.82) is 5.26 Å². The smallest absolute Gasteiger partial charge is 0.310 e. The fraction of sp³-hybridized carbons (Fsp3) is 0.565. The summed E-state index contributed by atoms with van der Waals surface area (Å²) in [5.74, 6) is 0.350. The van der Waals surface area contributed by atoms with E-state index >= 15 is 0 Å². The van der Waals surface area contributed by atoms with Crippen LogP contribution in [0.15, 0.2) is 18.3 Å². The van der Waals surface area contributed by atoms with E-state index in [1.54, 1.807) is 26.1 Å². The number of carboxylic acid groups (broad SMARTS) is 1. The lowest BCUT2D eigenvalue weighted by Gasteiger charge is -2.36. The minimum atomic E-state index is -0.788. The normalized spacial score (nSPS) is 21.9. The molecule has 4 heterocycles. The Labute approximate surface area is 187 Å². The number of hydrogen-bond donors (Lipinski definition) is 2. The summed E-state index contributed by atoms with van der Waals surface area (Å²) in [5, 5.41) is 23.9. The molecule has 2 aliphatic rings. The Morgan fingerprint density at radius 1 is 1.44 bits per heavy atom. The minimum absolute atomic E-state index is 0.0753. The molecule has 2 saturated heterocycles. The first kappa shape index (κ1) is 22.2. The molecule has 0 unspecified atom stereocenters. The Morgan fingerprint density at radius 3 is 3.00 bits per heavy atom. The highest BCUT2D eigenvalue weighted by molar-refractivity contribution is 5.89. The fourth-order valence-electron chi connectivity index (χ4n) is 4.26. The standard InChI is InChI=1S/C23H29N5O4/c1-23(2,22(29)30)14-28-6-3-4-16(12-28)26-20-9-19-15(11-25-20)8-17(10-24)27-21(19)32-18-5-7-31-13-18/h8-9,11,16,18H,3-7,12-14H2,1-2H3,(H,25,26)(H,29,30)/t16-,18-/m0/s1. The van der Waals surface area contributed by atoms with Gasteiger partial charge in [0.1, 0.15) is 23.7 Å². The van der Waals surface area contributed by atoms with Crippen LogP contribution in [-0.4, -0.2) is 70.9 Å². The van der Waals surface area contributed by atoms with E-state index in [1.165, 1.54) is 0 Å². The quantitative estimate of drug-likeness (QED) is 0.670. The topological polar surface area (TPSA) is 121 Å². The van der Waals surface area contributed by atoms with Gasteiger partial charge in [-0.05, 0) is 45.4 Å². The molecule has 0 saturated carbocycles. The number of nitrogens with one attached hydrogen (secondary N) is 1. The molecule has 2 aromatic heterocycles. The maximum absolute atomic E-state index is 11.5. The number of fused-ring (bicyclic) bond motifs is 1. The van der Waals surface area contributed by atoms with Crippen molar-refractivity contribution in [2.45, 2.75) is 45.3 Å². The van der Waals surface area contributed by atoms with Crippen LogP contribution < -0.4 is 10.1 Å². The first-order valence-electron chi connectivity index (χ1n) is 11.0. The van der Waals surface area contributed by atoms with Crippen LogP contribution in [0.25, 0.3) is 10.8 Å². The van der Waals surface area contributed by atoms with E-state index in [0.29, 0.717) is 31.5 Å². The second kappa shape index (κ2) is 9.27. The molecule has 32 heavy (non-hydrogen) atoms. The van der Waals surface area contributed by atoms with Crippen LogP contribution in [-0.2, 0) is 9.53 Å². The van der Waals surface area contributed by atoms with Crippen LogP contribution in [0.4, 0.5) is 5.82 Å². The zero-order chi connectivity index (χ0) is 22.7. The molecule has 2 aromatic rings. The SMILES string of the molecule is CC(C)(CN1CCC[C@H](Nc2cc3c(O[C@H]4CCOC4)nc(C#N)cc3cn2)C1)C(=O)O. The van der Waals surface area contributed by atoms with E-state index in [2.05, 4.69) is 26.3 Å². The van der Waals surface area contributed by atoms with Gasteiger partial charge in [0.2, 0.25) is 5.88 Å². The predicted octanol–water partition coefficient (Wildman–Crippen LogP) is 2.66. The molecule has 0 aromatic carbocycles. The summed E-state index contributed by atoms with van der Waals surface area (Å²) in [5.41, 5.74) is -0.499. The van der Waals surface area contributed by atoms with Gasteiger partial charge in [0.15, 0.2) is 0 Å². The molecule has 9 heteroatoms. The first-order valence-corrected chi connectivity index (χ1v) is 11.0. The number of rotatable bonds is 7. The summed E-state index contributed by atoms with van der Waals surface area (Å²) in [6.45, 7) is 6.85. The average molecular weight is 440 g/mol. The highest BCUT2D eigenvalue weighted by Crippen LogP contribution is 2.29. The number of nitrogens with zero attached hydrogens (tertiary/aromatic N) is 4. The summed E-state index contributed by atoms with van der Waals surface area (Å²) in [6, 6.07) is 5.87. The van der Waals surface area contributed by atoms with E-state index in [1.807, 2.05) is 6.07 Å². The van der Waals surface area contributed by atoms with Gasteiger partial charge < -0.3 is 24.8 Å². The molecule has 0 radical (unpaired) electrons. The number of aliphatic carboxylic acids is 1. The molecule has 4 rings (SSSR count). The highest BCUT2D eigenvalue weighted by atomic mass is 16.5. The number of ether oxygens (including phenoxy) is 2. The predicted molar refractivity (Wildman–Crippen MR) is 119 cm³/mol. The summed E-state index contributed by atoms with van der Waals surface area (Å²) >= 11 is 0. The molecule has 9 nitrogen and oxygen atoms in total. The molecular weight excluding hydrogens is 410 g/mol. The van der Waals surface area contributed by atoms with Crippen LogP contribution in [0.2, 0.25) is 0 Å². The molecule has 0 amide bonds. The summed E-state index contributed by atoms with van der Waals surface area (Å²) in [7, 11) is 0. The summed E-state index contributed by atoms with van der Waals surface area (Å²) < 4.78 is 11.5. The van der Waals surface area contributed by atoms with Crippen LogP contribution in [0.3, 0.4) is 0 Å². The van der Waals surface area contributed by atoms with Gasteiger partial charge in [0.05, 0.1) is 18.6 Å². The number of carboxylic acids is 1. The number of carbonyl (C=O) groups is 1. The maximum Gasteiger partial charge on any atom is 0.310 e. The molecule has 2 aliphatic heterocycles. The van der Waals surface area contributed by atoms with E-state index in [4.69, 9.17) is 9.47 Å². The highest BCUT2D eigenvalue weighted by Gasteiger charge is 2.32. The zero-order valence-electron chi connectivity index (χ0n) is 18.5. The third kappa shape index (κ3) is 5.09.